The number of benzene rings is 1. The Morgan fingerprint density at radius 1 is 1.28 bits per heavy atom. The van der Waals surface area contributed by atoms with E-state index in [1.165, 1.54) is 12.1 Å². The van der Waals surface area contributed by atoms with Gasteiger partial charge in [-0.25, -0.2) is 4.39 Å². The molecule has 25 heavy (non-hydrogen) atoms. The summed E-state index contributed by atoms with van der Waals surface area (Å²) in [6.07, 6.45) is 2.29. The molecule has 2 aromatic heterocycles. The molecule has 0 unspecified atom stereocenters. The Balaban J connectivity index is 1.40. The van der Waals surface area contributed by atoms with E-state index in [1.807, 2.05) is 12.1 Å². The van der Waals surface area contributed by atoms with Crippen molar-refractivity contribution in [3.63, 3.8) is 0 Å². The number of hydrogen-bond donors (Lipinski definition) is 2. The van der Waals surface area contributed by atoms with Gasteiger partial charge in [0.05, 0.1) is 12.0 Å². The average molecular weight is 343 g/mol. The maximum absolute atomic E-state index is 12.9. The second-order valence-electron chi connectivity index (χ2n) is 5.42. The molecule has 3 rings (SSSR count). The minimum Gasteiger partial charge on any atom is -0.467 e. The number of carbonyl (C=O) groups excluding carboxylic acids is 1. The van der Waals surface area contributed by atoms with E-state index in [0.717, 1.165) is 11.3 Å². The monoisotopic (exact) mass is 343 g/mol. The number of H-pyrrole nitrogens is 1. The van der Waals surface area contributed by atoms with Crippen LogP contribution in [-0.4, -0.2) is 29.3 Å². The molecule has 6 nitrogen and oxygen atoms in total. The minimum atomic E-state index is -0.313. The van der Waals surface area contributed by atoms with Crippen LogP contribution < -0.4 is 5.32 Å². The number of nitrogens with zero attached hydrogens (tertiary/aromatic N) is 1. The lowest BCUT2D eigenvalue weighted by molar-refractivity contribution is 0.0913. The number of aromatic nitrogens is 2. The summed E-state index contributed by atoms with van der Waals surface area (Å²) in [6, 6.07) is 11.2. The Labute approximate surface area is 144 Å². The number of halogens is 1. The fraction of sp³-hybridized carbons (Fsp3) is 0.222. The summed E-state index contributed by atoms with van der Waals surface area (Å²) >= 11 is 0. The van der Waals surface area contributed by atoms with Gasteiger partial charge in [0.25, 0.3) is 5.91 Å². The van der Waals surface area contributed by atoms with Crippen molar-refractivity contribution >= 4 is 5.91 Å². The number of hydrogen-bond acceptors (Lipinski definition) is 4. The Bertz CT molecular complexity index is 797. The summed E-state index contributed by atoms with van der Waals surface area (Å²) in [4.78, 5) is 12.1. The highest BCUT2D eigenvalue weighted by molar-refractivity contribution is 5.93. The van der Waals surface area contributed by atoms with Gasteiger partial charge in [-0.1, -0.05) is 0 Å². The first-order chi connectivity index (χ1) is 12.2. The van der Waals surface area contributed by atoms with Gasteiger partial charge in [-0.3, -0.25) is 9.89 Å². The highest BCUT2D eigenvalue weighted by Crippen LogP contribution is 2.17. The molecule has 0 aliphatic rings. The maximum Gasteiger partial charge on any atom is 0.269 e. The lowest BCUT2D eigenvalue weighted by atomic mass is 10.1. The van der Waals surface area contributed by atoms with Crippen LogP contribution in [0.15, 0.2) is 53.1 Å². The zero-order valence-corrected chi connectivity index (χ0v) is 13.5. The number of amides is 1. The van der Waals surface area contributed by atoms with Crippen molar-refractivity contribution in [2.24, 2.45) is 0 Å². The van der Waals surface area contributed by atoms with Gasteiger partial charge < -0.3 is 14.5 Å². The normalized spacial score (nSPS) is 10.8. The van der Waals surface area contributed by atoms with Crippen LogP contribution in [0.25, 0.3) is 11.3 Å². The van der Waals surface area contributed by atoms with Crippen molar-refractivity contribution in [3.05, 3.63) is 66.0 Å². The third-order valence-electron chi connectivity index (χ3n) is 3.54. The van der Waals surface area contributed by atoms with Gasteiger partial charge in [-0.15, -0.1) is 0 Å². The number of carbonyl (C=O) groups is 1. The molecule has 2 N–H and O–H groups in total. The first kappa shape index (κ1) is 16.9. The van der Waals surface area contributed by atoms with E-state index in [9.17, 15) is 9.18 Å². The van der Waals surface area contributed by atoms with E-state index < -0.39 is 0 Å². The largest absolute Gasteiger partial charge is 0.467 e. The predicted molar refractivity (Wildman–Crippen MR) is 89.3 cm³/mol. The zero-order valence-electron chi connectivity index (χ0n) is 13.5. The summed E-state index contributed by atoms with van der Waals surface area (Å²) in [5.41, 5.74) is 1.69. The number of nitrogens with one attached hydrogen (secondary N) is 2. The molecule has 0 fully saturated rings. The first-order valence-electron chi connectivity index (χ1n) is 7.92. The van der Waals surface area contributed by atoms with Crippen molar-refractivity contribution in [2.75, 3.05) is 13.2 Å². The van der Waals surface area contributed by atoms with Gasteiger partial charge >= 0.3 is 0 Å². The first-order valence-corrected chi connectivity index (χ1v) is 7.92. The molecular weight excluding hydrogens is 325 g/mol. The van der Waals surface area contributed by atoms with E-state index in [4.69, 9.17) is 9.15 Å². The summed E-state index contributed by atoms with van der Waals surface area (Å²) < 4.78 is 23.5. The van der Waals surface area contributed by atoms with Gasteiger partial charge in [0, 0.05) is 18.7 Å². The molecule has 0 saturated heterocycles. The third kappa shape index (κ3) is 4.77. The molecule has 1 aromatic carbocycles. The molecule has 1 amide bonds. The second-order valence-corrected chi connectivity index (χ2v) is 5.42. The molecule has 0 atom stereocenters. The van der Waals surface area contributed by atoms with Gasteiger partial charge in [-0.05, 0) is 48.9 Å². The van der Waals surface area contributed by atoms with Crippen LogP contribution >= 0.6 is 0 Å². The quantitative estimate of drug-likeness (QED) is 0.616. The third-order valence-corrected chi connectivity index (χ3v) is 3.54. The van der Waals surface area contributed by atoms with E-state index in [-0.39, 0.29) is 11.7 Å². The standard InChI is InChI=1S/C18H18FN3O3/c19-14-6-4-13(5-7-14)16-11-17(22-21-16)18(23)20-8-2-9-24-12-15-3-1-10-25-15/h1,3-7,10-11H,2,8-9,12H2,(H,20,23)(H,21,22). The average Bonchev–Trinajstić information content (AvgIpc) is 3.30. The fourth-order valence-electron chi connectivity index (χ4n) is 2.25. The van der Waals surface area contributed by atoms with Crippen molar-refractivity contribution in [1.29, 1.82) is 0 Å². The molecule has 3 aromatic rings. The number of furan rings is 1. The molecule has 0 aliphatic carbocycles. The summed E-state index contributed by atoms with van der Waals surface area (Å²) in [5.74, 6) is 0.216. The Hall–Kier alpha value is -2.93. The topological polar surface area (TPSA) is 80.2 Å². The lowest BCUT2D eigenvalue weighted by Gasteiger charge is -2.04. The number of ether oxygens (including phenoxy) is 1. The fourth-order valence-corrected chi connectivity index (χ4v) is 2.25. The zero-order chi connectivity index (χ0) is 17.5. The van der Waals surface area contributed by atoms with Gasteiger partial charge in [0.1, 0.15) is 23.9 Å². The Kier molecular flexibility index (Phi) is 5.58. The van der Waals surface area contributed by atoms with Crippen LogP contribution in [-0.2, 0) is 11.3 Å². The van der Waals surface area contributed by atoms with Crippen LogP contribution in [0.3, 0.4) is 0 Å². The summed E-state index contributed by atoms with van der Waals surface area (Å²) in [7, 11) is 0. The van der Waals surface area contributed by atoms with Gasteiger partial charge in [0.2, 0.25) is 0 Å². The highest BCUT2D eigenvalue weighted by atomic mass is 19.1. The molecule has 7 heteroatoms. The molecule has 0 aliphatic heterocycles. The van der Waals surface area contributed by atoms with Gasteiger partial charge in [0.15, 0.2) is 0 Å². The Morgan fingerprint density at radius 2 is 2.12 bits per heavy atom. The molecule has 0 saturated carbocycles. The minimum absolute atomic E-state index is 0.244. The van der Waals surface area contributed by atoms with Crippen LogP contribution in [0.2, 0.25) is 0 Å². The molecule has 2 heterocycles. The van der Waals surface area contributed by atoms with Crippen molar-refractivity contribution in [3.8, 4) is 11.3 Å². The number of aromatic amines is 1. The molecule has 130 valence electrons. The SMILES string of the molecule is O=C(NCCCOCc1ccco1)c1cc(-c2ccc(F)cc2)n[nH]1. The van der Waals surface area contributed by atoms with Gasteiger partial charge in [-0.2, -0.15) is 5.10 Å². The maximum atomic E-state index is 12.9. The van der Waals surface area contributed by atoms with Crippen molar-refractivity contribution < 1.29 is 18.3 Å². The van der Waals surface area contributed by atoms with Crippen LogP contribution in [0.5, 0.6) is 0 Å². The predicted octanol–water partition coefficient (Wildman–Crippen LogP) is 3.15. The van der Waals surface area contributed by atoms with Crippen molar-refractivity contribution in [1.82, 2.24) is 15.5 Å². The van der Waals surface area contributed by atoms with Crippen molar-refractivity contribution in [2.45, 2.75) is 13.0 Å². The lowest BCUT2D eigenvalue weighted by Crippen LogP contribution is -2.25. The number of rotatable bonds is 8. The van der Waals surface area contributed by atoms with Crippen LogP contribution in [0.1, 0.15) is 22.7 Å². The van der Waals surface area contributed by atoms with E-state index in [2.05, 4.69) is 15.5 Å². The second kappa shape index (κ2) is 8.25. The van der Waals surface area contributed by atoms with Crippen LogP contribution in [0.4, 0.5) is 4.39 Å². The highest BCUT2D eigenvalue weighted by Gasteiger charge is 2.10. The van der Waals surface area contributed by atoms with Crippen LogP contribution in [0, 0.1) is 5.82 Å². The molecule has 0 radical (unpaired) electrons. The molecular formula is C18H18FN3O3. The molecule has 0 bridgehead atoms. The smallest absolute Gasteiger partial charge is 0.269 e. The molecule has 0 spiro atoms. The summed E-state index contributed by atoms with van der Waals surface area (Å²) in [6.45, 7) is 1.43. The van der Waals surface area contributed by atoms with E-state index >= 15 is 0 Å². The summed E-state index contributed by atoms with van der Waals surface area (Å²) in [5, 5.41) is 9.56. The Morgan fingerprint density at radius 3 is 2.88 bits per heavy atom. The van der Waals surface area contributed by atoms with E-state index in [0.29, 0.717) is 37.6 Å². The van der Waals surface area contributed by atoms with E-state index in [1.54, 1.807) is 24.5 Å².